The van der Waals surface area contributed by atoms with Gasteiger partial charge in [0.25, 0.3) is 5.84 Å². The van der Waals surface area contributed by atoms with Crippen LogP contribution in [0, 0.1) is 0 Å². The van der Waals surface area contributed by atoms with Gasteiger partial charge in [-0.15, -0.1) is 0 Å². The van der Waals surface area contributed by atoms with Crippen molar-refractivity contribution in [2.75, 3.05) is 92.5 Å². The molecule has 3 heterocycles. The molecule has 0 aromatic heterocycles. The van der Waals surface area contributed by atoms with Crippen LogP contribution >= 0.6 is 16.3 Å². The van der Waals surface area contributed by atoms with Gasteiger partial charge in [0.05, 0.1) is 95.9 Å². The summed E-state index contributed by atoms with van der Waals surface area (Å²) in [4.78, 5) is 0. The predicted molar refractivity (Wildman–Crippen MR) is 313 cm³/mol. The van der Waals surface area contributed by atoms with Crippen LogP contribution in [0.5, 0.6) is 0 Å². The van der Waals surface area contributed by atoms with Crippen LogP contribution in [0.15, 0.2) is 54.6 Å². The number of ether oxygens (including phenoxy) is 7. The normalized spacial score (nSPS) is 19.5. The van der Waals surface area contributed by atoms with E-state index in [-0.39, 0.29) is 62.5 Å². The Kier molecular flexibility index (Phi) is 30.6. The van der Waals surface area contributed by atoms with Gasteiger partial charge in [0, 0.05) is 13.2 Å². The average molecular weight is 1100 g/mol. The molecule has 0 radical (unpaired) electrons. The predicted octanol–water partition coefficient (Wildman–Crippen LogP) is 11.0. The van der Waals surface area contributed by atoms with E-state index in [4.69, 9.17) is 33.2 Å². The molecular formula is C61H101KN2O7P2Si. The molecule has 6 rings (SSSR count). The zero-order valence-electron chi connectivity index (χ0n) is 50.1. The summed E-state index contributed by atoms with van der Waals surface area (Å²) in [5.41, 5.74) is 10.3. The van der Waals surface area contributed by atoms with Crippen molar-refractivity contribution >= 4 is 40.4 Å². The summed E-state index contributed by atoms with van der Waals surface area (Å²) in [6.45, 7) is 52.6. The van der Waals surface area contributed by atoms with Crippen LogP contribution < -0.4 is 62.0 Å². The van der Waals surface area contributed by atoms with E-state index in [0.717, 1.165) is 13.2 Å². The third-order valence-corrected chi connectivity index (χ3v) is 25.6. The van der Waals surface area contributed by atoms with E-state index in [1.54, 1.807) is 32.9 Å². The SMILES string of the molecule is C1CCOC1.C1COCCOCCOCCOCCOCCO1.CC(C)c1cc(C(C)C)c([P-][Si]2([P-]c3c(C(C)C)cc(C(C)C)cc3C(C)C)N(C(C)(C)C)C(c3ccccc3)=[N+]2C(C)(C)C)c(C(C)C)c1.[K+]. The molecule has 3 aromatic carbocycles. The van der Waals surface area contributed by atoms with Crippen molar-refractivity contribution in [2.24, 2.45) is 0 Å². The molecule has 13 heteroatoms. The third-order valence-electron chi connectivity index (χ3n) is 13.2. The summed E-state index contributed by atoms with van der Waals surface area (Å²) in [5, 5.41) is 3.18. The zero-order valence-corrected chi connectivity index (χ0v) is 56.0. The Hall–Kier alpha value is -0.437. The zero-order chi connectivity index (χ0) is 53.9. The van der Waals surface area contributed by atoms with E-state index in [0.29, 0.717) is 115 Å². The Labute approximate surface area is 499 Å². The first kappa shape index (κ1) is 67.8. The first-order valence-corrected chi connectivity index (χ1v) is 33.3. The first-order chi connectivity index (χ1) is 34.5. The maximum Gasteiger partial charge on any atom is 1.00 e. The van der Waals surface area contributed by atoms with E-state index >= 15 is 0 Å². The van der Waals surface area contributed by atoms with E-state index in [2.05, 4.69) is 188 Å². The van der Waals surface area contributed by atoms with Gasteiger partial charge in [-0.25, -0.2) is 0 Å². The molecule has 0 amide bonds. The van der Waals surface area contributed by atoms with Gasteiger partial charge >= 0.3 is 51.4 Å². The molecule has 2 fully saturated rings. The quantitative estimate of drug-likeness (QED) is 0.139. The number of hydrogen-bond donors (Lipinski definition) is 0. The Morgan fingerprint density at radius 2 is 0.716 bits per heavy atom. The molecule has 0 aliphatic carbocycles. The number of benzene rings is 3. The van der Waals surface area contributed by atoms with Crippen LogP contribution in [0.25, 0.3) is 0 Å². The average Bonchev–Trinajstić information content (AvgIpc) is 3.91. The van der Waals surface area contributed by atoms with E-state index in [1.165, 1.54) is 51.6 Å². The molecule has 3 aliphatic heterocycles. The fraction of sp³-hybridized carbons (Fsp3) is 0.689. The Balaban J connectivity index is 0.000000494. The molecule has 3 aliphatic rings. The van der Waals surface area contributed by atoms with Crippen LogP contribution in [0.1, 0.15) is 212 Å². The molecule has 2 saturated heterocycles. The van der Waals surface area contributed by atoms with Gasteiger partial charge in [-0.1, -0.05) is 148 Å². The summed E-state index contributed by atoms with van der Waals surface area (Å²) in [6.07, 6.45) is 2.56. The largest absolute Gasteiger partial charge is 1.00 e. The van der Waals surface area contributed by atoms with E-state index in [1.807, 2.05) is 0 Å². The Morgan fingerprint density at radius 3 is 0.932 bits per heavy atom. The van der Waals surface area contributed by atoms with Crippen molar-refractivity contribution in [2.45, 2.75) is 184 Å². The Bertz CT molecular complexity index is 1900. The monoisotopic (exact) mass is 1100 g/mol. The van der Waals surface area contributed by atoms with Gasteiger partial charge in [0.2, 0.25) is 0 Å². The summed E-state index contributed by atoms with van der Waals surface area (Å²) in [7, 11) is 0.359. The number of rotatable bonds is 11. The summed E-state index contributed by atoms with van der Waals surface area (Å²) >= 11 is 0. The van der Waals surface area contributed by atoms with Crippen molar-refractivity contribution < 1.29 is 88.8 Å². The van der Waals surface area contributed by atoms with Crippen LogP contribution in [0.4, 0.5) is 0 Å². The molecule has 0 N–H and O–H groups in total. The summed E-state index contributed by atoms with van der Waals surface area (Å²) < 4.78 is 42.9. The molecule has 412 valence electrons. The first-order valence-electron chi connectivity index (χ1n) is 27.9. The second kappa shape index (κ2) is 33.3. The maximum atomic E-state index is 5.33. The minimum atomic E-state index is -2.62. The van der Waals surface area contributed by atoms with E-state index < -0.39 is 7.73 Å². The van der Waals surface area contributed by atoms with Gasteiger partial charge in [-0.3, -0.25) is 0 Å². The summed E-state index contributed by atoms with van der Waals surface area (Å²) in [5.74, 6) is 4.20. The molecule has 74 heavy (non-hydrogen) atoms. The van der Waals surface area contributed by atoms with Crippen LogP contribution in [0.3, 0.4) is 0 Å². The van der Waals surface area contributed by atoms with Crippen LogP contribution in [-0.4, -0.2) is 126 Å². The molecule has 0 bridgehead atoms. The molecule has 0 atom stereocenters. The minimum Gasteiger partial charge on any atom is -0.437 e. The van der Waals surface area contributed by atoms with Gasteiger partial charge in [-0.2, -0.15) is 10.6 Å². The second-order valence-electron chi connectivity index (χ2n) is 23.5. The van der Waals surface area contributed by atoms with Crippen molar-refractivity contribution in [3.05, 3.63) is 93.5 Å². The van der Waals surface area contributed by atoms with Gasteiger partial charge in [-0.05, 0) is 113 Å². The smallest absolute Gasteiger partial charge is 0.437 e. The molecular weight excluding hydrogens is 1000 g/mol. The topological polar surface area (TPSA) is 70.9 Å². The fourth-order valence-corrected chi connectivity index (χ4v) is 26.7. The molecule has 0 saturated carbocycles. The number of hydrogen-bond acceptors (Lipinski definition) is 8. The van der Waals surface area contributed by atoms with Crippen molar-refractivity contribution in [1.82, 2.24) is 4.57 Å². The molecule has 0 unspecified atom stereocenters. The Morgan fingerprint density at radius 1 is 0.432 bits per heavy atom. The number of nitrogens with zero attached hydrogens (tertiary/aromatic N) is 2. The van der Waals surface area contributed by atoms with Crippen molar-refractivity contribution in [3.63, 3.8) is 0 Å². The summed E-state index contributed by atoms with van der Waals surface area (Å²) in [6, 6.07) is 21.6. The molecule has 9 nitrogen and oxygen atoms in total. The van der Waals surface area contributed by atoms with Gasteiger partial charge in [0.1, 0.15) is 0 Å². The molecule has 3 aromatic rings. The van der Waals surface area contributed by atoms with Crippen LogP contribution in [0.2, 0.25) is 0 Å². The molecule has 0 spiro atoms. The standard InChI is InChI=1S/C45H69N2P2Si.C12H24O6.C4H8O.K/c1-28(2)35-24-37(30(5)6)41(38(25-35)31(7)8)48-50(49-42-39(32(9)10)26-36(29(3)4)27-40(42)33(11)12)46(44(13,14)15)43(47(50)45(16,17)18)34-22-20-19-21-23-34;1-2-14-5-6-16-9-10-18-12-11-17-8-7-15-4-3-13-1;1-2-4-5-3-1;/h19-33H,1-18H3;1-12H2;1-4H2;/q-1;;;+1. The van der Waals surface area contributed by atoms with E-state index in [9.17, 15) is 0 Å². The minimum absolute atomic E-state index is 0. The van der Waals surface area contributed by atoms with Gasteiger partial charge < -0.3 is 58.2 Å². The maximum absolute atomic E-state index is 5.33. The van der Waals surface area contributed by atoms with Gasteiger partial charge in [0.15, 0.2) is 7.73 Å². The number of amidine groups is 1. The fourth-order valence-electron chi connectivity index (χ4n) is 9.27. The third kappa shape index (κ3) is 20.3. The van der Waals surface area contributed by atoms with Crippen molar-refractivity contribution in [1.29, 1.82) is 0 Å². The van der Waals surface area contributed by atoms with Crippen LogP contribution in [-0.2, 0) is 33.2 Å². The second-order valence-corrected chi connectivity index (χ2v) is 33.1. The van der Waals surface area contributed by atoms with Crippen molar-refractivity contribution in [3.8, 4) is 0 Å².